The number of carbonyl (C=O) groups excluding carboxylic acids is 1. The summed E-state index contributed by atoms with van der Waals surface area (Å²) in [4.78, 5) is 17.5. The molecule has 0 fully saturated rings. The summed E-state index contributed by atoms with van der Waals surface area (Å²) >= 11 is 0. The summed E-state index contributed by atoms with van der Waals surface area (Å²) in [6, 6.07) is 0.220. The highest BCUT2D eigenvalue weighted by Crippen LogP contribution is 2.30. The second kappa shape index (κ2) is 6.66. The average molecular weight is 316 g/mol. The zero-order valence-electron chi connectivity index (χ0n) is 14.1. The molecule has 0 bridgehead atoms. The number of pyridine rings is 1. The van der Waals surface area contributed by atoms with Crippen molar-refractivity contribution in [2.45, 2.75) is 45.6 Å². The summed E-state index contributed by atoms with van der Waals surface area (Å²) in [7, 11) is 1.67. The van der Waals surface area contributed by atoms with E-state index in [1.165, 1.54) is 0 Å². The number of methoxy groups -OCH3 is 1. The lowest BCUT2D eigenvalue weighted by atomic mass is 10.0. The van der Waals surface area contributed by atoms with E-state index in [9.17, 15) is 4.79 Å². The van der Waals surface area contributed by atoms with Crippen LogP contribution in [0.4, 0.5) is 0 Å². The first kappa shape index (κ1) is 15.9. The quantitative estimate of drug-likeness (QED) is 0.830. The van der Waals surface area contributed by atoms with Crippen molar-refractivity contribution in [1.29, 1.82) is 0 Å². The van der Waals surface area contributed by atoms with Crippen LogP contribution in [0.25, 0.3) is 11.0 Å². The second-order valence-corrected chi connectivity index (χ2v) is 6.29. The van der Waals surface area contributed by atoms with Gasteiger partial charge in [0.05, 0.1) is 17.1 Å². The van der Waals surface area contributed by atoms with Crippen molar-refractivity contribution in [3.63, 3.8) is 0 Å². The molecule has 124 valence electrons. The maximum Gasteiger partial charge on any atom is 0.252 e. The van der Waals surface area contributed by atoms with Crippen molar-refractivity contribution >= 4 is 16.9 Å². The summed E-state index contributed by atoms with van der Waals surface area (Å²) in [5.41, 5.74) is 3.75. The molecule has 0 atom stereocenters. The Morgan fingerprint density at radius 2 is 2.26 bits per heavy atom. The standard InChI is InChI=1S/C17H24N4O2/c1-11(2)21-16-13(10-19-21)15(12-6-4-7-14(12)20-16)17(22)18-8-5-9-23-3/h10-11H,4-9H2,1-3H3,(H,18,22). The maximum atomic E-state index is 12.7. The molecule has 0 saturated heterocycles. The normalized spacial score (nSPS) is 13.7. The van der Waals surface area contributed by atoms with E-state index >= 15 is 0 Å². The molecule has 6 heteroatoms. The van der Waals surface area contributed by atoms with E-state index in [2.05, 4.69) is 24.3 Å². The number of nitrogens with zero attached hydrogens (tertiary/aromatic N) is 3. The van der Waals surface area contributed by atoms with Crippen molar-refractivity contribution in [1.82, 2.24) is 20.1 Å². The van der Waals surface area contributed by atoms with Gasteiger partial charge in [0.1, 0.15) is 0 Å². The Hall–Kier alpha value is -1.95. The van der Waals surface area contributed by atoms with Gasteiger partial charge < -0.3 is 10.1 Å². The molecule has 23 heavy (non-hydrogen) atoms. The van der Waals surface area contributed by atoms with E-state index in [1.54, 1.807) is 13.3 Å². The number of aryl methyl sites for hydroxylation is 1. The number of fused-ring (bicyclic) bond motifs is 2. The third kappa shape index (κ3) is 2.95. The molecule has 0 saturated carbocycles. The number of nitrogens with one attached hydrogen (secondary N) is 1. The van der Waals surface area contributed by atoms with Crippen LogP contribution in [-0.2, 0) is 17.6 Å². The summed E-state index contributed by atoms with van der Waals surface area (Å²) < 4.78 is 6.93. The zero-order chi connectivity index (χ0) is 16.4. The third-order valence-corrected chi connectivity index (χ3v) is 4.30. The predicted octanol–water partition coefficient (Wildman–Crippen LogP) is 2.27. The molecule has 1 aliphatic carbocycles. The van der Waals surface area contributed by atoms with Gasteiger partial charge in [-0.3, -0.25) is 4.79 Å². The SMILES string of the molecule is COCCCNC(=O)c1c2c(nc3c1cnn3C(C)C)CCC2. The zero-order valence-corrected chi connectivity index (χ0v) is 14.1. The molecule has 2 heterocycles. The molecular formula is C17H24N4O2. The highest BCUT2D eigenvalue weighted by Gasteiger charge is 2.25. The first-order valence-electron chi connectivity index (χ1n) is 8.29. The van der Waals surface area contributed by atoms with E-state index in [1.807, 2.05) is 4.68 Å². The van der Waals surface area contributed by atoms with Gasteiger partial charge in [-0.25, -0.2) is 9.67 Å². The fourth-order valence-electron chi connectivity index (χ4n) is 3.20. The van der Waals surface area contributed by atoms with Crippen LogP contribution >= 0.6 is 0 Å². The number of carbonyl (C=O) groups is 1. The lowest BCUT2D eigenvalue weighted by Crippen LogP contribution is -2.26. The molecule has 6 nitrogen and oxygen atoms in total. The van der Waals surface area contributed by atoms with Gasteiger partial charge in [0.15, 0.2) is 5.65 Å². The predicted molar refractivity (Wildman–Crippen MR) is 88.8 cm³/mol. The van der Waals surface area contributed by atoms with E-state index in [4.69, 9.17) is 9.72 Å². The molecule has 1 N–H and O–H groups in total. The minimum absolute atomic E-state index is 0.0186. The number of hydrogen-bond donors (Lipinski definition) is 1. The Morgan fingerprint density at radius 3 is 3.00 bits per heavy atom. The second-order valence-electron chi connectivity index (χ2n) is 6.29. The molecule has 2 aromatic rings. The number of aromatic nitrogens is 3. The lowest BCUT2D eigenvalue weighted by molar-refractivity contribution is 0.0949. The average Bonchev–Trinajstić information content (AvgIpc) is 3.14. The first-order chi connectivity index (χ1) is 11.1. The summed E-state index contributed by atoms with van der Waals surface area (Å²) in [5, 5.41) is 8.32. The van der Waals surface area contributed by atoms with Crippen LogP contribution in [0.3, 0.4) is 0 Å². The first-order valence-corrected chi connectivity index (χ1v) is 8.29. The van der Waals surface area contributed by atoms with Gasteiger partial charge in [-0.05, 0) is 45.1 Å². The van der Waals surface area contributed by atoms with Crippen molar-refractivity contribution < 1.29 is 9.53 Å². The number of rotatable bonds is 6. The van der Waals surface area contributed by atoms with Crippen LogP contribution < -0.4 is 5.32 Å². The third-order valence-electron chi connectivity index (χ3n) is 4.30. The topological polar surface area (TPSA) is 69.0 Å². The van der Waals surface area contributed by atoms with E-state index < -0.39 is 0 Å². The van der Waals surface area contributed by atoms with Crippen LogP contribution in [0.1, 0.15) is 54.3 Å². The monoisotopic (exact) mass is 316 g/mol. The number of hydrogen-bond acceptors (Lipinski definition) is 4. The van der Waals surface area contributed by atoms with Gasteiger partial charge in [-0.15, -0.1) is 0 Å². The Balaban J connectivity index is 1.99. The maximum absolute atomic E-state index is 12.7. The molecule has 0 spiro atoms. The molecule has 1 amide bonds. The molecule has 0 aromatic carbocycles. The van der Waals surface area contributed by atoms with Gasteiger partial charge in [-0.2, -0.15) is 5.10 Å². The molecule has 0 aliphatic heterocycles. The minimum atomic E-state index is -0.0186. The Labute approximate surface area is 136 Å². The molecular weight excluding hydrogens is 292 g/mol. The summed E-state index contributed by atoms with van der Waals surface area (Å²) in [6.45, 7) is 5.41. The van der Waals surface area contributed by atoms with Crippen molar-refractivity contribution in [2.75, 3.05) is 20.3 Å². The fourth-order valence-corrected chi connectivity index (χ4v) is 3.20. The Bertz CT molecular complexity index is 721. The van der Waals surface area contributed by atoms with Gasteiger partial charge in [-0.1, -0.05) is 0 Å². The van der Waals surface area contributed by atoms with Gasteiger partial charge in [0, 0.05) is 32.0 Å². The van der Waals surface area contributed by atoms with Gasteiger partial charge in [0.2, 0.25) is 0 Å². The Kier molecular flexibility index (Phi) is 4.61. The largest absolute Gasteiger partial charge is 0.385 e. The molecule has 1 aliphatic rings. The molecule has 3 rings (SSSR count). The van der Waals surface area contributed by atoms with Crippen LogP contribution in [0.5, 0.6) is 0 Å². The summed E-state index contributed by atoms with van der Waals surface area (Å²) in [6.07, 6.45) is 5.52. The smallest absolute Gasteiger partial charge is 0.252 e. The van der Waals surface area contributed by atoms with Crippen LogP contribution in [0, 0.1) is 0 Å². The van der Waals surface area contributed by atoms with Crippen LogP contribution in [0.15, 0.2) is 6.20 Å². The fraction of sp³-hybridized carbons (Fsp3) is 0.588. The lowest BCUT2D eigenvalue weighted by Gasteiger charge is -2.12. The van der Waals surface area contributed by atoms with Gasteiger partial charge >= 0.3 is 0 Å². The highest BCUT2D eigenvalue weighted by molar-refractivity contribution is 6.07. The van der Waals surface area contributed by atoms with E-state index in [0.717, 1.165) is 53.5 Å². The minimum Gasteiger partial charge on any atom is -0.385 e. The number of ether oxygens (including phenoxy) is 1. The van der Waals surface area contributed by atoms with Crippen molar-refractivity contribution in [3.05, 3.63) is 23.0 Å². The molecule has 2 aromatic heterocycles. The Morgan fingerprint density at radius 1 is 1.43 bits per heavy atom. The van der Waals surface area contributed by atoms with Crippen molar-refractivity contribution in [2.24, 2.45) is 0 Å². The molecule has 0 unspecified atom stereocenters. The molecule has 0 radical (unpaired) electrons. The number of amides is 1. The van der Waals surface area contributed by atoms with Crippen LogP contribution in [0.2, 0.25) is 0 Å². The van der Waals surface area contributed by atoms with E-state index in [0.29, 0.717) is 13.2 Å². The van der Waals surface area contributed by atoms with E-state index in [-0.39, 0.29) is 11.9 Å². The highest BCUT2D eigenvalue weighted by atomic mass is 16.5. The van der Waals surface area contributed by atoms with Crippen molar-refractivity contribution in [3.8, 4) is 0 Å². The van der Waals surface area contributed by atoms with Crippen LogP contribution in [-0.4, -0.2) is 40.9 Å². The van der Waals surface area contributed by atoms with Gasteiger partial charge in [0.25, 0.3) is 5.91 Å². The summed E-state index contributed by atoms with van der Waals surface area (Å²) in [5.74, 6) is -0.0186.